The molecule has 0 fully saturated rings. The third-order valence-corrected chi connectivity index (χ3v) is 3.45. The number of methoxy groups -OCH3 is 1. The fraction of sp³-hybridized carbons (Fsp3) is 0.214. The highest BCUT2D eigenvalue weighted by Gasteiger charge is 2.10. The van der Waals surface area contributed by atoms with Crippen molar-refractivity contribution < 1.29 is 24.1 Å². The van der Waals surface area contributed by atoms with Crippen LogP contribution in [0.4, 0.5) is 4.79 Å². The molecule has 5 nitrogen and oxygen atoms in total. The first-order valence-corrected chi connectivity index (χ1v) is 6.67. The second kappa shape index (κ2) is 6.29. The van der Waals surface area contributed by atoms with Crippen molar-refractivity contribution in [3.8, 4) is 17.2 Å². The highest BCUT2D eigenvalue weighted by atomic mass is 32.1. The van der Waals surface area contributed by atoms with E-state index in [9.17, 15) is 9.90 Å². The van der Waals surface area contributed by atoms with Crippen LogP contribution in [0.3, 0.4) is 0 Å². The second-order valence-corrected chi connectivity index (χ2v) is 5.36. The van der Waals surface area contributed by atoms with Crippen LogP contribution in [-0.2, 0) is 11.3 Å². The second-order valence-electron chi connectivity index (χ2n) is 3.99. The van der Waals surface area contributed by atoms with Gasteiger partial charge < -0.3 is 19.3 Å². The molecule has 0 unspecified atom stereocenters. The van der Waals surface area contributed by atoms with Crippen molar-refractivity contribution in [1.82, 2.24) is 0 Å². The minimum absolute atomic E-state index is 0.105. The van der Waals surface area contributed by atoms with Crippen molar-refractivity contribution in [1.29, 1.82) is 0 Å². The van der Waals surface area contributed by atoms with Gasteiger partial charge in [0.2, 0.25) is 0 Å². The van der Waals surface area contributed by atoms with Gasteiger partial charge in [-0.05, 0) is 31.2 Å². The maximum atomic E-state index is 11.5. The van der Waals surface area contributed by atoms with E-state index >= 15 is 0 Å². The van der Waals surface area contributed by atoms with Gasteiger partial charge in [-0.3, -0.25) is 0 Å². The van der Waals surface area contributed by atoms with Crippen LogP contribution in [0.15, 0.2) is 30.3 Å². The van der Waals surface area contributed by atoms with E-state index in [0.29, 0.717) is 5.75 Å². The molecule has 0 aliphatic rings. The Bertz CT molecular complexity index is 605. The topological polar surface area (TPSA) is 65.0 Å². The summed E-state index contributed by atoms with van der Waals surface area (Å²) < 4.78 is 14.8. The minimum atomic E-state index is -0.819. The zero-order valence-electron chi connectivity index (χ0n) is 11.1. The summed E-state index contributed by atoms with van der Waals surface area (Å²) in [5, 5.41) is 9.56. The van der Waals surface area contributed by atoms with E-state index in [-0.39, 0.29) is 18.1 Å². The van der Waals surface area contributed by atoms with Crippen molar-refractivity contribution in [2.24, 2.45) is 0 Å². The van der Waals surface area contributed by atoms with Crippen LogP contribution in [0, 0.1) is 6.92 Å². The standard InChI is InChI=1S/C14H14O5S/c1-9-3-5-11(20-9)8-18-14(16)19-10-4-6-13(17-2)12(15)7-10/h3-7,15H,8H2,1-2H3. The Kier molecular flexibility index (Phi) is 4.47. The van der Waals surface area contributed by atoms with Crippen molar-refractivity contribution in [2.45, 2.75) is 13.5 Å². The highest BCUT2D eigenvalue weighted by molar-refractivity contribution is 7.11. The van der Waals surface area contributed by atoms with Gasteiger partial charge in [-0.25, -0.2) is 4.79 Å². The van der Waals surface area contributed by atoms with E-state index in [1.54, 1.807) is 11.3 Å². The molecule has 0 saturated carbocycles. The van der Waals surface area contributed by atoms with Gasteiger partial charge >= 0.3 is 6.16 Å². The molecule has 0 aliphatic heterocycles. The molecule has 1 heterocycles. The van der Waals surface area contributed by atoms with Gasteiger partial charge in [-0.1, -0.05) is 0 Å². The Morgan fingerprint density at radius 3 is 2.70 bits per heavy atom. The van der Waals surface area contributed by atoms with Gasteiger partial charge in [-0.15, -0.1) is 11.3 Å². The van der Waals surface area contributed by atoms with E-state index in [4.69, 9.17) is 14.2 Å². The average molecular weight is 294 g/mol. The largest absolute Gasteiger partial charge is 0.514 e. The zero-order chi connectivity index (χ0) is 14.5. The Labute approximate surface area is 120 Å². The Balaban J connectivity index is 1.89. The zero-order valence-corrected chi connectivity index (χ0v) is 11.9. The monoisotopic (exact) mass is 294 g/mol. The molecule has 2 rings (SSSR count). The number of rotatable bonds is 4. The lowest BCUT2D eigenvalue weighted by Gasteiger charge is -2.07. The fourth-order valence-electron chi connectivity index (χ4n) is 1.55. The summed E-state index contributed by atoms with van der Waals surface area (Å²) in [6, 6.07) is 8.15. The molecule has 1 aromatic carbocycles. The summed E-state index contributed by atoms with van der Waals surface area (Å²) in [7, 11) is 1.44. The molecular formula is C14H14O5S. The Hall–Kier alpha value is -2.21. The molecule has 6 heteroatoms. The van der Waals surface area contributed by atoms with Crippen LogP contribution in [0.2, 0.25) is 0 Å². The van der Waals surface area contributed by atoms with Gasteiger partial charge in [0, 0.05) is 15.8 Å². The number of hydrogen-bond acceptors (Lipinski definition) is 6. The number of aromatic hydroxyl groups is 1. The molecule has 0 atom stereocenters. The molecule has 0 amide bonds. The van der Waals surface area contributed by atoms with Crippen LogP contribution in [0.5, 0.6) is 17.2 Å². The third-order valence-electron chi connectivity index (χ3n) is 2.48. The maximum Gasteiger partial charge on any atom is 0.514 e. The van der Waals surface area contributed by atoms with E-state index < -0.39 is 6.16 Å². The first-order valence-electron chi connectivity index (χ1n) is 5.85. The molecule has 1 aromatic heterocycles. The van der Waals surface area contributed by atoms with Crippen LogP contribution >= 0.6 is 11.3 Å². The van der Waals surface area contributed by atoms with Crippen molar-refractivity contribution in [3.05, 3.63) is 40.1 Å². The molecule has 106 valence electrons. The predicted molar refractivity (Wildman–Crippen MR) is 74.5 cm³/mol. The minimum Gasteiger partial charge on any atom is -0.504 e. The Morgan fingerprint density at radius 1 is 1.30 bits per heavy atom. The molecule has 0 spiro atoms. The first kappa shape index (κ1) is 14.2. The number of thiophene rings is 1. The number of hydrogen-bond donors (Lipinski definition) is 1. The molecular weight excluding hydrogens is 280 g/mol. The highest BCUT2D eigenvalue weighted by Crippen LogP contribution is 2.29. The van der Waals surface area contributed by atoms with Crippen molar-refractivity contribution in [3.63, 3.8) is 0 Å². The third kappa shape index (κ3) is 3.64. The van der Waals surface area contributed by atoms with Gasteiger partial charge in [0.15, 0.2) is 11.5 Å². The number of ether oxygens (including phenoxy) is 3. The number of benzene rings is 1. The summed E-state index contributed by atoms with van der Waals surface area (Å²) in [6.45, 7) is 2.14. The van der Waals surface area contributed by atoms with E-state index in [2.05, 4.69) is 0 Å². The fourth-order valence-corrected chi connectivity index (χ4v) is 2.36. The summed E-state index contributed by atoms with van der Waals surface area (Å²) in [5.41, 5.74) is 0. The smallest absolute Gasteiger partial charge is 0.504 e. The lowest BCUT2D eigenvalue weighted by molar-refractivity contribution is 0.0936. The normalized spacial score (nSPS) is 10.1. The first-order chi connectivity index (χ1) is 9.58. The summed E-state index contributed by atoms with van der Waals surface area (Å²) in [5.74, 6) is 0.391. The van der Waals surface area contributed by atoms with Crippen LogP contribution in [0.25, 0.3) is 0 Å². The van der Waals surface area contributed by atoms with Crippen molar-refractivity contribution >= 4 is 17.5 Å². The number of carbonyl (C=O) groups is 1. The van der Waals surface area contributed by atoms with E-state index in [1.807, 2.05) is 19.1 Å². The lowest BCUT2D eigenvalue weighted by Crippen LogP contribution is -2.09. The summed E-state index contributed by atoms with van der Waals surface area (Å²) in [4.78, 5) is 13.6. The molecule has 20 heavy (non-hydrogen) atoms. The number of phenolic OH excluding ortho intramolecular Hbond substituents is 1. The molecule has 1 N–H and O–H groups in total. The van der Waals surface area contributed by atoms with Gasteiger partial charge in [-0.2, -0.15) is 0 Å². The van der Waals surface area contributed by atoms with Gasteiger partial charge in [0.1, 0.15) is 12.4 Å². The summed E-state index contributed by atoms with van der Waals surface area (Å²) in [6.07, 6.45) is -0.819. The molecule has 0 aliphatic carbocycles. The summed E-state index contributed by atoms with van der Waals surface area (Å²) >= 11 is 1.55. The molecule has 0 radical (unpaired) electrons. The van der Waals surface area contributed by atoms with Crippen LogP contribution in [-0.4, -0.2) is 18.4 Å². The Morgan fingerprint density at radius 2 is 2.10 bits per heavy atom. The predicted octanol–water partition coefficient (Wildman–Crippen LogP) is 3.49. The quantitative estimate of drug-likeness (QED) is 0.690. The van der Waals surface area contributed by atoms with Crippen molar-refractivity contribution in [2.75, 3.05) is 7.11 Å². The lowest BCUT2D eigenvalue weighted by atomic mass is 10.3. The SMILES string of the molecule is COc1ccc(OC(=O)OCc2ccc(C)s2)cc1O. The van der Waals surface area contributed by atoms with Gasteiger partial charge in [0.25, 0.3) is 0 Å². The number of carbonyl (C=O) groups excluding carboxylic acids is 1. The molecule has 0 saturated heterocycles. The van der Waals surface area contributed by atoms with Gasteiger partial charge in [0.05, 0.1) is 7.11 Å². The van der Waals surface area contributed by atoms with Crippen LogP contribution < -0.4 is 9.47 Å². The number of phenols is 1. The number of aryl methyl sites for hydroxylation is 1. The molecule has 2 aromatic rings. The average Bonchev–Trinajstić information content (AvgIpc) is 2.82. The maximum absolute atomic E-state index is 11.5. The van der Waals surface area contributed by atoms with Crippen LogP contribution in [0.1, 0.15) is 9.75 Å². The molecule has 0 bridgehead atoms. The van der Waals surface area contributed by atoms with E-state index in [1.165, 1.54) is 25.3 Å². The van der Waals surface area contributed by atoms with E-state index in [0.717, 1.165) is 9.75 Å².